The first-order valence-electron chi connectivity index (χ1n) is 9.57. The molecule has 0 saturated carbocycles. The van der Waals surface area contributed by atoms with E-state index in [1.807, 2.05) is 48.5 Å². The van der Waals surface area contributed by atoms with Gasteiger partial charge in [0.05, 0.1) is 6.61 Å². The molecule has 0 spiro atoms. The predicted octanol–water partition coefficient (Wildman–Crippen LogP) is 5.19. The molecule has 6 heteroatoms. The van der Waals surface area contributed by atoms with E-state index in [4.69, 9.17) is 9.47 Å². The van der Waals surface area contributed by atoms with Gasteiger partial charge in [0.25, 0.3) is 0 Å². The van der Waals surface area contributed by atoms with E-state index in [1.54, 1.807) is 6.92 Å². The minimum absolute atomic E-state index is 0.0541. The van der Waals surface area contributed by atoms with Crippen molar-refractivity contribution in [3.8, 4) is 11.8 Å². The Morgan fingerprint density at radius 3 is 2.41 bits per heavy atom. The summed E-state index contributed by atoms with van der Waals surface area (Å²) in [4.78, 5) is 14.2. The minimum Gasteiger partial charge on any atom is -0.488 e. The van der Waals surface area contributed by atoms with Crippen LogP contribution in [0.4, 0.5) is 5.69 Å². The molecule has 0 atom stereocenters. The van der Waals surface area contributed by atoms with E-state index in [2.05, 4.69) is 41.3 Å². The summed E-state index contributed by atoms with van der Waals surface area (Å²) in [7, 11) is 0. The van der Waals surface area contributed by atoms with Crippen LogP contribution < -0.4 is 9.64 Å². The van der Waals surface area contributed by atoms with Crippen LogP contribution in [-0.2, 0) is 16.1 Å². The van der Waals surface area contributed by atoms with Gasteiger partial charge in [-0.05, 0) is 79.3 Å². The normalized spacial score (nSPS) is 10.9. The lowest BCUT2D eigenvalue weighted by Gasteiger charge is -2.22. The van der Waals surface area contributed by atoms with Crippen molar-refractivity contribution >= 4 is 40.3 Å². The zero-order chi connectivity index (χ0) is 21.2. The lowest BCUT2D eigenvalue weighted by atomic mass is 10.1. The Morgan fingerprint density at radius 1 is 1.14 bits per heavy atom. The molecule has 0 N–H and O–H groups in total. The van der Waals surface area contributed by atoms with Crippen molar-refractivity contribution < 1.29 is 14.3 Å². The molecule has 0 amide bonds. The van der Waals surface area contributed by atoms with Gasteiger partial charge in [-0.2, -0.15) is 5.26 Å². The van der Waals surface area contributed by atoms with Crippen LogP contribution in [0.15, 0.2) is 48.0 Å². The first-order chi connectivity index (χ1) is 14.0. The number of nitriles is 1. The van der Waals surface area contributed by atoms with E-state index in [1.165, 1.54) is 6.08 Å². The third kappa shape index (κ3) is 6.50. The number of ether oxygens (including phenoxy) is 2. The molecule has 0 aliphatic heterocycles. The van der Waals surface area contributed by atoms with Crippen LogP contribution in [0.3, 0.4) is 0 Å². The number of esters is 1. The molecular formula is C23H25IN2O3. The van der Waals surface area contributed by atoms with Crippen LogP contribution in [0.2, 0.25) is 0 Å². The molecule has 29 heavy (non-hydrogen) atoms. The summed E-state index contributed by atoms with van der Waals surface area (Å²) in [5, 5.41) is 9.36. The lowest BCUT2D eigenvalue weighted by molar-refractivity contribution is -0.137. The van der Waals surface area contributed by atoms with Crippen LogP contribution in [0.1, 0.15) is 31.9 Å². The smallest absolute Gasteiger partial charge is 0.348 e. The molecule has 0 heterocycles. The average Bonchev–Trinajstić information content (AvgIpc) is 2.73. The molecule has 2 aromatic rings. The fourth-order valence-electron chi connectivity index (χ4n) is 2.80. The molecule has 0 aliphatic rings. The summed E-state index contributed by atoms with van der Waals surface area (Å²) in [6, 6.07) is 15.8. The highest BCUT2D eigenvalue weighted by atomic mass is 127. The first kappa shape index (κ1) is 22.8. The second-order valence-electron chi connectivity index (χ2n) is 6.20. The van der Waals surface area contributed by atoms with Crippen molar-refractivity contribution in [2.75, 3.05) is 24.6 Å². The van der Waals surface area contributed by atoms with Crippen molar-refractivity contribution in [3.05, 3.63) is 62.7 Å². The fourth-order valence-corrected chi connectivity index (χ4v) is 3.16. The quantitative estimate of drug-likeness (QED) is 0.204. The number of nitrogens with zero attached hydrogens (tertiary/aromatic N) is 2. The largest absolute Gasteiger partial charge is 0.488 e. The Bertz CT molecular complexity index is 897. The molecule has 5 nitrogen and oxygen atoms in total. The highest BCUT2D eigenvalue weighted by Crippen LogP contribution is 2.29. The summed E-state index contributed by atoms with van der Waals surface area (Å²) < 4.78 is 12.2. The summed E-state index contributed by atoms with van der Waals surface area (Å²) in [5.41, 5.74) is 2.68. The lowest BCUT2D eigenvalue weighted by Crippen LogP contribution is -2.21. The summed E-state index contributed by atoms with van der Waals surface area (Å²) >= 11 is 2.26. The third-order valence-corrected chi connectivity index (χ3v) is 5.07. The number of hydrogen-bond acceptors (Lipinski definition) is 5. The van der Waals surface area contributed by atoms with E-state index in [-0.39, 0.29) is 12.2 Å². The molecule has 0 unspecified atom stereocenters. The van der Waals surface area contributed by atoms with Crippen molar-refractivity contribution in [2.45, 2.75) is 27.4 Å². The van der Waals surface area contributed by atoms with Crippen molar-refractivity contribution in [3.63, 3.8) is 0 Å². The summed E-state index contributed by atoms with van der Waals surface area (Å²) in [5.74, 6) is -0.0172. The zero-order valence-corrected chi connectivity index (χ0v) is 19.1. The van der Waals surface area contributed by atoms with Gasteiger partial charge in [-0.1, -0.05) is 12.1 Å². The van der Waals surface area contributed by atoms with Gasteiger partial charge in [0.15, 0.2) is 0 Å². The predicted molar refractivity (Wildman–Crippen MR) is 124 cm³/mol. The summed E-state index contributed by atoms with van der Waals surface area (Å²) in [6.07, 6.45) is 1.52. The monoisotopic (exact) mass is 504 g/mol. The maximum Gasteiger partial charge on any atom is 0.348 e. The Labute approximate surface area is 186 Å². The van der Waals surface area contributed by atoms with Crippen LogP contribution in [0.5, 0.6) is 5.75 Å². The van der Waals surface area contributed by atoms with Crippen LogP contribution in [0, 0.1) is 14.9 Å². The molecule has 2 rings (SSSR count). The Kier molecular flexibility index (Phi) is 9.00. The molecule has 0 bridgehead atoms. The molecule has 0 aromatic heterocycles. The van der Waals surface area contributed by atoms with Crippen LogP contribution in [-0.4, -0.2) is 25.7 Å². The van der Waals surface area contributed by atoms with Crippen LogP contribution >= 0.6 is 22.6 Å². The third-order valence-electron chi connectivity index (χ3n) is 4.35. The first-order valence-corrected chi connectivity index (χ1v) is 10.6. The van der Waals surface area contributed by atoms with Crippen molar-refractivity contribution in [2.24, 2.45) is 0 Å². The summed E-state index contributed by atoms with van der Waals surface area (Å²) in [6.45, 7) is 8.25. The van der Waals surface area contributed by atoms with E-state index in [0.717, 1.165) is 27.9 Å². The van der Waals surface area contributed by atoms with E-state index >= 15 is 0 Å². The highest BCUT2D eigenvalue weighted by Gasteiger charge is 2.13. The number of halogens is 1. The fraction of sp³-hybridized carbons (Fsp3) is 0.304. The van der Waals surface area contributed by atoms with Gasteiger partial charge in [0.1, 0.15) is 24.0 Å². The Morgan fingerprint density at radius 2 is 1.83 bits per heavy atom. The second kappa shape index (κ2) is 11.5. The number of carbonyl (C=O) groups excluding carboxylic acids is 1. The van der Waals surface area contributed by atoms with Gasteiger partial charge < -0.3 is 14.4 Å². The highest BCUT2D eigenvalue weighted by molar-refractivity contribution is 14.1. The van der Waals surface area contributed by atoms with Crippen molar-refractivity contribution in [1.29, 1.82) is 5.26 Å². The van der Waals surface area contributed by atoms with Gasteiger partial charge >= 0.3 is 5.97 Å². The van der Waals surface area contributed by atoms with E-state index in [0.29, 0.717) is 17.9 Å². The minimum atomic E-state index is -0.633. The molecule has 2 aromatic carbocycles. The number of hydrogen-bond donors (Lipinski definition) is 0. The Hall–Kier alpha value is -2.53. The van der Waals surface area contributed by atoms with Gasteiger partial charge in [-0.3, -0.25) is 0 Å². The van der Waals surface area contributed by atoms with Crippen molar-refractivity contribution in [1.82, 2.24) is 0 Å². The molecular weight excluding hydrogens is 479 g/mol. The average molecular weight is 504 g/mol. The van der Waals surface area contributed by atoms with Gasteiger partial charge in [0.2, 0.25) is 0 Å². The molecule has 0 fully saturated rings. The molecule has 0 saturated heterocycles. The standard InChI is InChI=1S/C23H25IN2O3/c1-4-26(5-2)21-12-9-18(13-19(15-25)23(27)28-6-3)22(14-21)29-16-17-7-10-20(24)11-8-17/h7-14H,4-6,16H2,1-3H3/b19-13+. The SMILES string of the molecule is CCOC(=O)/C(C#N)=C/c1ccc(N(CC)CC)cc1OCc1ccc(I)cc1. The second-order valence-corrected chi connectivity index (χ2v) is 7.45. The molecule has 0 radical (unpaired) electrons. The number of rotatable bonds is 9. The van der Waals surface area contributed by atoms with Crippen LogP contribution in [0.25, 0.3) is 6.08 Å². The maximum atomic E-state index is 12.0. The van der Waals surface area contributed by atoms with Gasteiger partial charge in [-0.25, -0.2) is 4.79 Å². The zero-order valence-electron chi connectivity index (χ0n) is 16.9. The Balaban J connectivity index is 2.39. The number of benzene rings is 2. The molecule has 0 aliphatic carbocycles. The topological polar surface area (TPSA) is 62.6 Å². The molecule has 152 valence electrons. The van der Waals surface area contributed by atoms with E-state index < -0.39 is 5.97 Å². The van der Waals surface area contributed by atoms with Gasteiger partial charge in [-0.15, -0.1) is 0 Å². The maximum absolute atomic E-state index is 12.0. The number of carbonyl (C=O) groups is 1. The van der Waals surface area contributed by atoms with Gasteiger partial charge in [0, 0.05) is 34.0 Å². The van der Waals surface area contributed by atoms with E-state index in [9.17, 15) is 10.1 Å². The number of anilines is 1.